The molecule has 3 heterocycles. The fraction of sp³-hybridized carbons (Fsp3) is 0.594. The van der Waals surface area contributed by atoms with Crippen molar-refractivity contribution in [3.05, 3.63) is 107 Å². The van der Waals surface area contributed by atoms with Crippen LogP contribution in [0.4, 0.5) is 0 Å². The first-order valence-corrected chi connectivity index (χ1v) is 29.9. The maximum absolute atomic E-state index is 15.1. The van der Waals surface area contributed by atoms with Gasteiger partial charge < -0.3 is 48.8 Å². The van der Waals surface area contributed by atoms with Crippen LogP contribution in [-0.2, 0) is 96.1 Å². The number of ether oxygens (including phenoxy) is 4. The molecule has 22 heteroatoms. The molecule has 0 bridgehead atoms. The summed E-state index contributed by atoms with van der Waals surface area (Å²) in [7, 11) is 5.52. The largest absolute Gasteiger partial charge is 0.451 e. The quantitative estimate of drug-likeness (QED) is 0.0848. The van der Waals surface area contributed by atoms with Crippen LogP contribution in [0.5, 0.6) is 0 Å². The van der Waals surface area contributed by atoms with E-state index in [0.717, 1.165) is 41.9 Å². The molecule has 1 fully saturated rings. The van der Waals surface area contributed by atoms with Gasteiger partial charge in [-0.3, -0.25) is 28.5 Å². The fourth-order valence-corrected chi connectivity index (χ4v) is 10.4. The monoisotopic (exact) mass is 1200 g/mol. The van der Waals surface area contributed by atoms with Gasteiger partial charge in [0.2, 0.25) is 0 Å². The van der Waals surface area contributed by atoms with Gasteiger partial charge in [0.05, 0.1) is 25.5 Å². The minimum absolute atomic E-state index is 0.0152. The normalized spacial score (nSPS) is 22.5. The molecule has 5 rings (SSSR count). The van der Waals surface area contributed by atoms with E-state index in [-0.39, 0.29) is 75.4 Å². The molecular formula is C64H92N8O14. The van der Waals surface area contributed by atoms with E-state index in [2.05, 4.69) is 10.2 Å². The van der Waals surface area contributed by atoms with E-state index in [1.54, 1.807) is 46.0 Å². The van der Waals surface area contributed by atoms with E-state index in [1.165, 1.54) is 42.0 Å². The van der Waals surface area contributed by atoms with E-state index in [4.69, 9.17) is 18.9 Å². The number of carbonyl (C=O) groups excluding carboxylic acids is 8. The van der Waals surface area contributed by atoms with E-state index in [0.29, 0.717) is 37.1 Å². The van der Waals surface area contributed by atoms with Crippen molar-refractivity contribution in [3.63, 3.8) is 0 Å². The maximum Gasteiger partial charge on any atom is 0.329 e. The average molecular weight is 1200 g/mol. The number of aliphatic hydroxyl groups excluding tert-OH is 2. The van der Waals surface area contributed by atoms with Crippen LogP contribution in [0.15, 0.2) is 73.3 Å². The van der Waals surface area contributed by atoms with Crippen LogP contribution in [0.3, 0.4) is 0 Å². The lowest BCUT2D eigenvalue weighted by molar-refractivity contribution is -0.176. The first kappa shape index (κ1) is 69.3. The van der Waals surface area contributed by atoms with E-state index < -0.39 is 96.1 Å². The molecule has 8 atom stereocenters. The molecule has 4 aromatic rings. The number of hydrogen-bond acceptors (Lipinski definition) is 16. The Hall–Kier alpha value is -7.46. The highest BCUT2D eigenvalue weighted by molar-refractivity contribution is 5.94. The molecule has 2 aromatic carbocycles. The van der Waals surface area contributed by atoms with Crippen molar-refractivity contribution in [3.8, 4) is 0 Å². The Bertz CT molecular complexity index is 2900. The Labute approximate surface area is 506 Å². The van der Waals surface area contributed by atoms with Gasteiger partial charge in [-0.2, -0.15) is 10.2 Å². The number of likely N-dealkylation sites (N-methyl/N-ethyl adjacent to an activating group) is 4. The lowest BCUT2D eigenvalue weighted by Gasteiger charge is -2.35. The third-order valence-corrected chi connectivity index (χ3v) is 15.2. The number of aliphatic hydroxyl groups is 2. The molecule has 4 amide bonds. The molecule has 1 aliphatic rings. The summed E-state index contributed by atoms with van der Waals surface area (Å²) < 4.78 is 27.7. The summed E-state index contributed by atoms with van der Waals surface area (Å²) in [5.41, 5.74) is 4.55. The summed E-state index contributed by atoms with van der Waals surface area (Å²) in [5, 5.41) is 27.7. The van der Waals surface area contributed by atoms with Gasteiger partial charge in [0.15, 0.2) is 24.4 Å². The van der Waals surface area contributed by atoms with Gasteiger partial charge in [-0.1, -0.05) is 104 Å². The second kappa shape index (κ2) is 32.3. The summed E-state index contributed by atoms with van der Waals surface area (Å²) in [6.07, 6.45) is 1.64. The second-order valence-electron chi connectivity index (χ2n) is 24.5. The Morgan fingerprint density at radius 3 is 1.13 bits per heavy atom. The lowest BCUT2D eigenvalue weighted by Crippen LogP contribution is -2.55. The molecular weight excluding hydrogens is 1100 g/mol. The van der Waals surface area contributed by atoms with Gasteiger partial charge in [0, 0.05) is 66.6 Å². The molecule has 1 aliphatic heterocycles. The highest BCUT2D eigenvalue weighted by Crippen LogP contribution is 2.25. The molecule has 0 unspecified atom stereocenters. The summed E-state index contributed by atoms with van der Waals surface area (Å²) in [5.74, 6) is -7.69. The zero-order valence-corrected chi connectivity index (χ0v) is 52.7. The van der Waals surface area contributed by atoms with Gasteiger partial charge in [-0.05, 0) is 109 Å². The fourth-order valence-electron chi connectivity index (χ4n) is 10.4. The molecule has 472 valence electrons. The van der Waals surface area contributed by atoms with Crippen molar-refractivity contribution in [1.29, 1.82) is 0 Å². The maximum atomic E-state index is 15.1. The van der Waals surface area contributed by atoms with Crippen LogP contribution in [-0.4, -0.2) is 187 Å². The Morgan fingerprint density at radius 1 is 0.430 bits per heavy atom. The molecule has 22 nitrogen and oxygen atoms in total. The molecule has 2 N–H and O–H groups in total. The predicted octanol–water partition coefficient (Wildman–Crippen LogP) is 5.22. The van der Waals surface area contributed by atoms with Crippen molar-refractivity contribution in [2.75, 3.05) is 41.4 Å². The SMILES string of the molecule is CC(C)C[C@H]1C(=O)O[C@H](Cc2cccc(Cn3cc(CCO)cn3)c2)C(=O)N(C)[C@@H](CC(C)C)C(=O)O[C@H](C)C(=O)N(C)[C@@H](CC(C)C)C(=O)O[C@H](Cc2ccc(Cn3cc(CCO)cn3)cc2)C(=O)N(C)[C@@H](CC(C)C)C(=O)O[C@H](C)C(=O)N1C. The first-order chi connectivity index (χ1) is 40.6. The molecule has 0 radical (unpaired) electrons. The van der Waals surface area contributed by atoms with E-state index in [9.17, 15) is 39.0 Å². The number of amides is 4. The van der Waals surface area contributed by atoms with Gasteiger partial charge in [-0.15, -0.1) is 0 Å². The predicted molar refractivity (Wildman–Crippen MR) is 319 cm³/mol. The van der Waals surface area contributed by atoms with Crippen LogP contribution >= 0.6 is 0 Å². The molecule has 0 saturated carbocycles. The first-order valence-electron chi connectivity index (χ1n) is 29.9. The Balaban J connectivity index is 1.59. The number of nitrogens with zero attached hydrogens (tertiary/aromatic N) is 8. The van der Waals surface area contributed by atoms with Crippen molar-refractivity contribution in [2.24, 2.45) is 23.7 Å². The van der Waals surface area contributed by atoms with Crippen molar-refractivity contribution >= 4 is 47.5 Å². The molecule has 86 heavy (non-hydrogen) atoms. The molecule has 0 spiro atoms. The summed E-state index contributed by atoms with van der Waals surface area (Å²) in [6.45, 7) is 18.1. The minimum atomic E-state index is -1.58. The van der Waals surface area contributed by atoms with Crippen molar-refractivity contribution < 1.29 is 67.5 Å². The standard InChI is InChI=1S/C64H92N8O14/c1-39(2)26-51-61(79)83-44(10)58(76)68(12)54(29-42(7)8)64(82)86-56(32-47-16-15-17-48(30-47)36-72-38-50(23-25-74)34-66-72)60(78)70(14)52(27-40(3)4)62(80)84-43(9)57(75)67(11)53(28-41(5)6)63(81)85-55(59(77)69(51)13)31-45-18-20-46(21-19-45)35-71-37-49(22-24-73)33-65-71/h15-21,30,33-34,37-44,51-56,73-74H,22-29,31-32,35-36H2,1-14H3/t43-,44-,51+,52+,53+,54+,55-,56-/m1/s1. The number of cyclic esters (lactones) is 4. The third-order valence-electron chi connectivity index (χ3n) is 15.2. The van der Waals surface area contributed by atoms with Crippen molar-refractivity contribution in [1.82, 2.24) is 39.2 Å². The number of hydrogen-bond donors (Lipinski definition) is 2. The summed E-state index contributed by atoms with van der Waals surface area (Å²) in [6, 6.07) is 9.24. The Kier molecular flexibility index (Phi) is 26.1. The summed E-state index contributed by atoms with van der Waals surface area (Å²) in [4.78, 5) is 123. The number of aromatic nitrogens is 4. The number of carbonyl (C=O) groups is 8. The Morgan fingerprint density at radius 2 is 0.756 bits per heavy atom. The molecule has 0 aliphatic carbocycles. The summed E-state index contributed by atoms with van der Waals surface area (Å²) >= 11 is 0. The zero-order valence-electron chi connectivity index (χ0n) is 52.7. The topological polar surface area (TPSA) is 263 Å². The second-order valence-corrected chi connectivity index (χ2v) is 24.5. The van der Waals surface area contributed by atoms with Gasteiger partial charge in [-0.25, -0.2) is 19.2 Å². The van der Waals surface area contributed by atoms with E-state index >= 15 is 9.59 Å². The van der Waals surface area contributed by atoms with Gasteiger partial charge in [0.25, 0.3) is 23.6 Å². The van der Waals surface area contributed by atoms with Crippen LogP contribution in [0.1, 0.15) is 128 Å². The van der Waals surface area contributed by atoms with Crippen LogP contribution in [0, 0.1) is 23.7 Å². The van der Waals surface area contributed by atoms with Crippen LogP contribution in [0.25, 0.3) is 0 Å². The van der Waals surface area contributed by atoms with Crippen LogP contribution in [0.2, 0.25) is 0 Å². The van der Waals surface area contributed by atoms with Gasteiger partial charge in [0.1, 0.15) is 24.2 Å². The molecule has 2 aromatic heterocycles. The van der Waals surface area contributed by atoms with Crippen LogP contribution < -0.4 is 0 Å². The minimum Gasteiger partial charge on any atom is -0.451 e. The average Bonchev–Trinajstić information content (AvgIpc) is 2.69. The van der Waals surface area contributed by atoms with Crippen molar-refractivity contribution in [2.45, 2.75) is 182 Å². The van der Waals surface area contributed by atoms with E-state index in [1.807, 2.05) is 92.0 Å². The number of esters is 4. The zero-order chi connectivity index (χ0) is 63.7. The molecule has 1 saturated heterocycles. The highest BCUT2D eigenvalue weighted by Gasteiger charge is 2.43. The number of rotatable bonds is 20. The highest BCUT2D eigenvalue weighted by atomic mass is 16.6. The van der Waals surface area contributed by atoms with Gasteiger partial charge >= 0.3 is 23.9 Å². The number of benzene rings is 2. The smallest absolute Gasteiger partial charge is 0.329 e. The third kappa shape index (κ3) is 19.8. The lowest BCUT2D eigenvalue weighted by atomic mass is 9.99.